The second kappa shape index (κ2) is 8.80. The summed E-state index contributed by atoms with van der Waals surface area (Å²) in [6, 6.07) is 25.9. The number of fused-ring (bicyclic) bond motifs is 1. The van der Waals surface area contributed by atoms with E-state index in [2.05, 4.69) is 5.32 Å². The highest BCUT2D eigenvalue weighted by Crippen LogP contribution is 2.32. The Labute approximate surface area is 170 Å². The quantitative estimate of drug-likeness (QED) is 0.652. The van der Waals surface area contributed by atoms with Gasteiger partial charge >= 0.3 is 0 Å². The molecule has 5 heteroatoms. The van der Waals surface area contributed by atoms with Crippen molar-refractivity contribution in [2.75, 3.05) is 20.4 Å². The molecule has 1 amide bonds. The summed E-state index contributed by atoms with van der Waals surface area (Å²) in [5.74, 6) is 1.56. The first-order chi connectivity index (χ1) is 14.2. The number of hydrogen-bond donors (Lipinski definition) is 2. The number of benzene rings is 3. The molecule has 0 bridgehead atoms. The zero-order valence-electron chi connectivity index (χ0n) is 16.4. The van der Waals surface area contributed by atoms with E-state index in [-0.39, 0.29) is 18.7 Å². The largest absolute Gasteiger partial charge is 0.454 e. The number of hydrogen-bond acceptors (Lipinski definition) is 3. The summed E-state index contributed by atoms with van der Waals surface area (Å²) in [5.41, 5.74) is 3.25. The maximum Gasteiger partial charge on any atom is 0.275 e. The number of rotatable bonds is 7. The van der Waals surface area contributed by atoms with E-state index in [4.69, 9.17) is 9.47 Å². The Bertz CT molecular complexity index is 921. The van der Waals surface area contributed by atoms with Crippen molar-refractivity contribution in [3.05, 3.63) is 95.6 Å². The maximum atomic E-state index is 12.8. The number of ether oxygens (including phenoxy) is 2. The van der Waals surface area contributed by atoms with Crippen molar-refractivity contribution in [1.82, 2.24) is 5.32 Å². The number of amides is 1. The average Bonchev–Trinajstić information content (AvgIpc) is 3.21. The van der Waals surface area contributed by atoms with Crippen LogP contribution in [0.15, 0.2) is 78.9 Å². The summed E-state index contributed by atoms with van der Waals surface area (Å²) in [5, 5.41) is 3.20. The molecule has 0 fully saturated rings. The van der Waals surface area contributed by atoms with Gasteiger partial charge in [-0.3, -0.25) is 4.79 Å². The van der Waals surface area contributed by atoms with Gasteiger partial charge in [0, 0.05) is 5.56 Å². The fraction of sp³-hybridized carbons (Fsp3) is 0.208. The molecular formula is C24H25N2O3+. The smallest absolute Gasteiger partial charge is 0.275 e. The second-order valence-corrected chi connectivity index (χ2v) is 7.32. The van der Waals surface area contributed by atoms with Crippen LogP contribution in [0.25, 0.3) is 0 Å². The first-order valence-corrected chi connectivity index (χ1v) is 9.78. The molecule has 0 saturated carbocycles. The van der Waals surface area contributed by atoms with Gasteiger partial charge in [0.15, 0.2) is 18.0 Å². The normalized spacial score (nSPS) is 13.3. The highest BCUT2D eigenvalue weighted by molar-refractivity contribution is 5.77. The third kappa shape index (κ3) is 4.76. The number of quaternary nitrogens is 1. The van der Waals surface area contributed by atoms with E-state index in [9.17, 15) is 4.79 Å². The van der Waals surface area contributed by atoms with Crippen LogP contribution in [0.5, 0.6) is 11.5 Å². The van der Waals surface area contributed by atoms with Gasteiger partial charge in [-0.15, -0.1) is 0 Å². The summed E-state index contributed by atoms with van der Waals surface area (Å²) in [6.07, 6.45) is 0. The van der Waals surface area contributed by atoms with E-state index in [0.717, 1.165) is 39.6 Å². The van der Waals surface area contributed by atoms with Crippen LogP contribution in [0.1, 0.15) is 22.7 Å². The second-order valence-electron chi connectivity index (χ2n) is 7.32. The Morgan fingerprint density at radius 1 is 0.931 bits per heavy atom. The molecule has 0 spiro atoms. The molecule has 3 aromatic rings. The van der Waals surface area contributed by atoms with E-state index in [1.807, 2.05) is 85.9 Å². The molecular weight excluding hydrogens is 364 g/mol. The summed E-state index contributed by atoms with van der Waals surface area (Å²) in [6.45, 7) is 1.38. The molecule has 148 valence electrons. The van der Waals surface area contributed by atoms with Gasteiger partial charge in [0.25, 0.3) is 5.91 Å². The maximum absolute atomic E-state index is 12.8. The van der Waals surface area contributed by atoms with Gasteiger partial charge in [-0.1, -0.05) is 60.7 Å². The zero-order chi connectivity index (χ0) is 20.1. The lowest BCUT2D eigenvalue weighted by Gasteiger charge is -2.21. The lowest BCUT2D eigenvalue weighted by Crippen LogP contribution is -3.08. The summed E-state index contributed by atoms with van der Waals surface area (Å²) >= 11 is 0. The average molecular weight is 389 g/mol. The topological polar surface area (TPSA) is 52.0 Å². The van der Waals surface area contributed by atoms with Crippen LogP contribution in [0, 0.1) is 0 Å². The lowest BCUT2D eigenvalue weighted by atomic mass is 9.99. The molecule has 1 unspecified atom stereocenters. The third-order valence-corrected chi connectivity index (χ3v) is 4.98. The van der Waals surface area contributed by atoms with E-state index in [1.54, 1.807) is 0 Å². The van der Waals surface area contributed by atoms with Gasteiger partial charge in [0.2, 0.25) is 6.79 Å². The van der Waals surface area contributed by atoms with Gasteiger partial charge in [-0.25, -0.2) is 0 Å². The molecule has 0 saturated heterocycles. The van der Waals surface area contributed by atoms with Crippen LogP contribution in [-0.4, -0.2) is 26.3 Å². The summed E-state index contributed by atoms with van der Waals surface area (Å²) in [7, 11) is 2.02. The van der Waals surface area contributed by atoms with Gasteiger partial charge in [-0.05, 0) is 29.3 Å². The van der Waals surface area contributed by atoms with Crippen LogP contribution in [0.4, 0.5) is 0 Å². The van der Waals surface area contributed by atoms with Crippen LogP contribution >= 0.6 is 0 Å². The standard InChI is InChI=1S/C24H24N2O3/c1-26(15-18-12-13-21-22(14-18)29-17-28-21)16-23(27)25-24(19-8-4-2-5-9-19)20-10-6-3-7-11-20/h2-14,24H,15-17H2,1H3,(H,25,27)/p+1. The molecule has 1 heterocycles. The molecule has 2 N–H and O–H groups in total. The van der Waals surface area contributed by atoms with Gasteiger partial charge < -0.3 is 19.7 Å². The third-order valence-electron chi connectivity index (χ3n) is 4.98. The lowest BCUT2D eigenvalue weighted by molar-refractivity contribution is -0.885. The molecule has 0 aliphatic carbocycles. The number of likely N-dealkylation sites (N-methyl/N-ethyl adjacent to an activating group) is 1. The minimum absolute atomic E-state index is 0.0148. The first-order valence-electron chi connectivity index (χ1n) is 9.78. The molecule has 4 rings (SSSR count). The Kier molecular flexibility index (Phi) is 5.77. The summed E-state index contributed by atoms with van der Waals surface area (Å²) in [4.78, 5) is 13.9. The SMILES string of the molecule is C[NH+](CC(=O)NC(c1ccccc1)c1ccccc1)Cc1ccc2c(c1)OCO2. The van der Waals surface area contributed by atoms with Crippen molar-refractivity contribution in [1.29, 1.82) is 0 Å². The Balaban J connectivity index is 1.41. The fourth-order valence-corrected chi connectivity index (χ4v) is 3.60. The van der Waals surface area contributed by atoms with Crippen LogP contribution in [0.2, 0.25) is 0 Å². The van der Waals surface area contributed by atoms with Crippen LogP contribution in [0.3, 0.4) is 0 Å². The summed E-state index contributed by atoms with van der Waals surface area (Å²) < 4.78 is 10.8. The number of carbonyl (C=O) groups excluding carboxylic acids is 1. The van der Waals surface area contributed by atoms with Crippen molar-refractivity contribution >= 4 is 5.91 Å². The minimum atomic E-state index is -0.164. The van der Waals surface area contributed by atoms with Gasteiger partial charge in [0.05, 0.1) is 13.1 Å². The fourth-order valence-electron chi connectivity index (χ4n) is 3.60. The molecule has 3 aromatic carbocycles. The van der Waals surface area contributed by atoms with E-state index in [1.165, 1.54) is 0 Å². The molecule has 0 aromatic heterocycles. The molecule has 29 heavy (non-hydrogen) atoms. The minimum Gasteiger partial charge on any atom is -0.454 e. The molecule has 1 atom stereocenters. The van der Waals surface area contributed by atoms with Crippen molar-refractivity contribution in [2.24, 2.45) is 0 Å². The predicted octanol–water partition coefficient (Wildman–Crippen LogP) is 2.34. The Morgan fingerprint density at radius 3 is 2.21 bits per heavy atom. The highest BCUT2D eigenvalue weighted by atomic mass is 16.7. The Morgan fingerprint density at radius 2 is 1.55 bits per heavy atom. The predicted molar refractivity (Wildman–Crippen MR) is 111 cm³/mol. The highest BCUT2D eigenvalue weighted by Gasteiger charge is 2.20. The Hall–Kier alpha value is -3.31. The van der Waals surface area contributed by atoms with Crippen LogP contribution in [-0.2, 0) is 11.3 Å². The van der Waals surface area contributed by atoms with Crippen molar-refractivity contribution in [3.8, 4) is 11.5 Å². The van der Waals surface area contributed by atoms with Crippen LogP contribution < -0.4 is 19.7 Å². The van der Waals surface area contributed by atoms with Crippen molar-refractivity contribution in [2.45, 2.75) is 12.6 Å². The molecule has 5 nitrogen and oxygen atoms in total. The van der Waals surface area contributed by atoms with Crippen molar-refractivity contribution < 1.29 is 19.2 Å². The van der Waals surface area contributed by atoms with Gasteiger partial charge in [0.1, 0.15) is 6.54 Å². The van der Waals surface area contributed by atoms with Crippen molar-refractivity contribution in [3.63, 3.8) is 0 Å². The zero-order valence-corrected chi connectivity index (χ0v) is 16.4. The van der Waals surface area contributed by atoms with E-state index in [0.29, 0.717) is 6.54 Å². The molecule has 1 aliphatic rings. The van der Waals surface area contributed by atoms with E-state index >= 15 is 0 Å². The molecule has 1 aliphatic heterocycles. The first kappa shape index (κ1) is 19.0. The molecule has 0 radical (unpaired) electrons. The number of carbonyl (C=O) groups is 1. The van der Waals surface area contributed by atoms with Gasteiger partial charge in [-0.2, -0.15) is 0 Å². The number of nitrogens with one attached hydrogen (secondary N) is 2. The van der Waals surface area contributed by atoms with E-state index < -0.39 is 0 Å². The monoisotopic (exact) mass is 389 g/mol.